The lowest BCUT2D eigenvalue weighted by atomic mass is 10.1. The molecular weight excluding hydrogens is 901 g/mol. The van der Waals surface area contributed by atoms with E-state index in [0.717, 1.165) is 122 Å². The van der Waals surface area contributed by atoms with E-state index >= 15 is 0 Å². The summed E-state index contributed by atoms with van der Waals surface area (Å²) in [6.45, 7) is 6.29. The second kappa shape index (κ2) is 59.8. The van der Waals surface area contributed by atoms with Gasteiger partial charge in [0.05, 0.1) is 0 Å². The summed E-state index contributed by atoms with van der Waals surface area (Å²) < 4.78 is 16.8. The summed E-state index contributed by atoms with van der Waals surface area (Å²) in [7, 11) is 0. The van der Waals surface area contributed by atoms with Gasteiger partial charge in [-0.2, -0.15) is 0 Å². The van der Waals surface area contributed by atoms with Crippen LogP contribution in [0.15, 0.2) is 146 Å². The van der Waals surface area contributed by atoms with E-state index in [-0.39, 0.29) is 31.6 Å². The van der Waals surface area contributed by atoms with Crippen LogP contribution in [0.2, 0.25) is 0 Å². The number of carbonyl (C=O) groups excluding carboxylic acids is 3. The highest BCUT2D eigenvalue weighted by Gasteiger charge is 2.19. The van der Waals surface area contributed by atoms with Crippen LogP contribution in [-0.4, -0.2) is 37.2 Å². The molecule has 0 radical (unpaired) electrons. The van der Waals surface area contributed by atoms with Crippen molar-refractivity contribution < 1.29 is 28.6 Å². The molecule has 0 bridgehead atoms. The Kier molecular flexibility index (Phi) is 56.0. The minimum Gasteiger partial charge on any atom is -0.462 e. The van der Waals surface area contributed by atoms with Crippen molar-refractivity contribution in [3.63, 3.8) is 0 Å². The van der Waals surface area contributed by atoms with Crippen LogP contribution in [0.4, 0.5) is 0 Å². The van der Waals surface area contributed by atoms with Crippen molar-refractivity contribution in [3.05, 3.63) is 146 Å². The molecule has 1 atom stereocenters. The molecule has 0 spiro atoms. The summed E-state index contributed by atoms with van der Waals surface area (Å²) in [6, 6.07) is 0. The number of rotatable bonds is 51. The molecule has 6 nitrogen and oxygen atoms in total. The number of esters is 3. The number of carbonyl (C=O) groups is 3. The van der Waals surface area contributed by atoms with Crippen molar-refractivity contribution in [2.24, 2.45) is 0 Å². The fourth-order valence-corrected chi connectivity index (χ4v) is 7.49. The van der Waals surface area contributed by atoms with Crippen LogP contribution in [0.25, 0.3) is 0 Å². The van der Waals surface area contributed by atoms with E-state index in [1.54, 1.807) is 0 Å². The number of ether oxygens (including phenoxy) is 3. The molecule has 73 heavy (non-hydrogen) atoms. The highest BCUT2D eigenvalue weighted by atomic mass is 16.6. The van der Waals surface area contributed by atoms with Crippen molar-refractivity contribution in [2.45, 2.75) is 245 Å². The third kappa shape index (κ3) is 58.1. The molecule has 0 amide bonds. The van der Waals surface area contributed by atoms with Gasteiger partial charge in [0.25, 0.3) is 0 Å². The van der Waals surface area contributed by atoms with Crippen LogP contribution >= 0.6 is 0 Å². The Balaban J connectivity index is 4.51. The molecule has 0 saturated carbocycles. The lowest BCUT2D eigenvalue weighted by Gasteiger charge is -2.18. The highest BCUT2D eigenvalue weighted by Crippen LogP contribution is 2.13. The van der Waals surface area contributed by atoms with Gasteiger partial charge in [0.15, 0.2) is 6.10 Å². The number of unbranched alkanes of at least 4 members (excludes halogenated alkanes) is 16. The number of hydrogen-bond donors (Lipinski definition) is 0. The first-order valence-electron chi connectivity index (χ1n) is 29.3. The molecule has 0 fully saturated rings. The Morgan fingerprint density at radius 3 is 0.904 bits per heavy atom. The minimum atomic E-state index is -0.841. The van der Waals surface area contributed by atoms with E-state index < -0.39 is 12.1 Å². The molecule has 0 N–H and O–H groups in total. The Bertz CT molecular complexity index is 1630. The van der Waals surface area contributed by atoms with Gasteiger partial charge >= 0.3 is 17.9 Å². The van der Waals surface area contributed by atoms with Crippen LogP contribution in [-0.2, 0) is 28.6 Å². The van der Waals surface area contributed by atoms with Gasteiger partial charge in [-0.25, -0.2) is 0 Å². The second-order valence-corrected chi connectivity index (χ2v) is 18.8. The molecule has 0 aliphatic heterocycles. The van der Waals surface area contributed by atoms with Crippen molar-refractivity contribution in [3.8, 4) is 0 Å². The smallest absolute Gasteiger partial charge is 0.306 e. The fourth-order valence-electron chi connectivity index (χ4n) is 7.49. The Morgan fingerprint density at radius 1 is 0.288 bits per heavy atom. The van der Waals surface area contributed by atoms with Crippen LogP contribution in [0.1, 0.15) is 239 Å². The Morgan fingerprint density at radius 2 is 0.562 bits per heavy atom. The molecule has 6 heteroatoms. The average molecular weight is 1010 g/mol. The normalized spacial score (nSPS) is 13.2. The third-order valence-corrected chi connectivity index (χ3v) is 11.8. The second-order valence-electron chi connectivity index (χ2n) is 18.8. The minimum absolute atomic E-state index is 0.127. The summed E-state index contributed by atoms with van der Waals surface area (Å²) in [4.78, 5) is 38.1. The summed E-state index contributed by atoms with van der Waals surface area (Å²) >= 11 is 0. The topological polar surface area (TPSA) is 78.9 Å². The van der Waals surface area contributed by atoms with Gasteiger partial charge in [0.1, 0.15) is 13.2 Å². The van der Waals surface area contributed by atoms with Gasteiger partial charge in [-0.1, -0.05) is 237 Å². The molecule has 410 valence electrons. The van der Waals surface area contributed by atoms with E-state index in [1.807, 2.05) is 12.2 Å². The first-order chi connectivity index (χ1) is 36.0. The lowest BCUT2D eigenvalue weighted by molar-refractivity contribution is -0.166. The van der Waals surface area contributed by atoms with Gasteiger partial charge in [0, 0.05) is 19.3 Å². The first kappa shape index (κ1) is 68.3. The molecule has 1 unspecified atom stereocenters. The van der Waals surface area contributed by atoms with E-state index in [1.165, 1.54) is 70.6 Å². The summed E-state index contributed by atoms with van der Waals surface area (Å²) in [5.74, 6) is -1.06. The largest absolute Gasteiger partial charge is 0.462 e. The summed E-state index contributed by atoms with van der Waals surface area (Å²) in [5, 5.41) is 0. The van der Waals surface area contributed by atoms with Crippen molar-refractivity contribution in [1.29, 1.82) is 0 Å². The van der Waals surface area contributed by atoms with Crippen LogP contribution in [0, 0.1) is 0 Å². The maximum Gasteiger partial charge on any atom is 0.306 e. The highest BCUT2D eigenvalue weighted by molar-refractivity contribution is 5.71. The quantitative estimate of drug-likeness (QED) is 0.0261. The maximum absolute atomic E-state index is 12.8. The molecule has 0 rings (SSSR count). The molecule has 0 aromatic rings. The molecule has 0 aliphatic rings. The molecule has 0 aromatic carbocycles. The van der Waals surface area contributed by atoms with Gasteiger partial charge in [-0.15, -0.1) is 0 Å². The summed E-state index contributed by atoms with van der Waals surface area (Å²) in [6.07, 6.45) is 85.7. The van der Waals surface area contributed by atoms with Crippen LogP contribution in [0.3, 0.4) is 0 Å². The fraction of sp³-hybridized carbons (Fsp3) is 0.597. The Labute approximate surface area is 448 Å². The lowest BCUT2D eigenvalue weighted by Crippen LogP contribution is -2.30. The van der Waals surface area contributed by atoms with Crippen molar-refractivity contribution in [2.75, 3.05) is 13.2 Å². The van der Waals surface area contributed by atoms with Crippen LogP contribution in [0.5, 0.6) is 0 Å². The third-order valence-electron chi connectivity index (χ3n) is 11.8. The van der Waals surface area contributed by atoms with Crippen molar-refractivity contribution in [1.82, 2.24) is 0 Å². The Hall–Kier alpha value is -4.71. The summed E-state index contributed by atoms with van der Waals surface area (Å²) in [5.41, 5.74) is 0. The van der Waals surface area contributed by atoms with E-state index in [0.29, 0.717) is 19.3 Å². The van der Waals surface area contributed by atoms with Crippen LogP contribution < -0.4 is 0 Å². The molecule has 0 aliphatic carbocycles. The van der Waals surface area contributed by atoms with Gasteiger partial charge in [-0.05, 0) is 128 Å². The zero-order valence-corrected chi connectivity index (χ0v) is 46.8. The zero-order chi connectivity index (χ0) is 52.9. The molecular formula is C67H106O6. The van der Waals surface area contributed by atoms with E-state index in [4.69, 9.17) is 14.2 Å². The van der Waals surface area contributed by atoms with Crippen molar-refractivity contribution >= 4 is 17.9 Å². The average Bonchev–Trinajstić information content (AvgIpc) is 3.39. The predicted octanol–water partition coefficient (Wildman–Crippen LogP) is 20.0. The van der Waals surface area contributed by atoms with Gasteiger partial charge in [-0.3, -0.25) is 14.4 Å². The standard InChI is InChI=1S/C67H106O6/c1-4-7-10-13-16-19-22-25-27-29-31-32-33-34-36-37-39-42-45-48-51-54-57-60-66(69)72-63-64(62-71-65(68)59-56-53-50-47-44-41-24-21-18-15-12-9-6-3)73-67(70)61-58-55-52-49-46-43-40-38-35-30-28-26-23-20-17-14-11-8-5-2/h8-9,11-12,17-18,20-22,25-26,28-29,31,33-35,38,41,43-44,46,52,55,64H,4-7,10,13-16,19,23-24,27,30,32,36-37,39-40,42,45,47-51,53-54,56-63H2,1-3H3/b11-8-,12-9-,20-17-,21-18-,25-22-,28-26-,31-29-,34-33-,38-35-,44-41-,46-43-,55-52-. The van der Waals surface area contributed by atoms with Gasteiger partial charge < -0.3 is 14.2 Å². The molecule has 0 aromatic heterocycles. The first-order valence-corrected chi connectivity index (χ1v) is 29.3. The number of allylic oxidation sites excluding steroid dienone is 24. The number of hydrogen-bond acceptors (Lipinski definition) is 6. The molecule has 0 saturated heterocycles. The zero-order valence-electron chi connectivity index (χ0n) is 46.8. The molecule has 0 heterocycles. The predicted molar refractivity (Wildman–Crippen MR) is 315 cm³/mol. The SMILES string of the molecule is CC/C=C\C/C=C\C/C=C\C/C=C\C/C=C\C/C=C\CCC(=O)OC(COC(=O)CCCCC/C=C\C/C=C\C/C=C\CC)COC(=O)CCCCCCCCCC/C=C\C/C=C\C/C=C\CCCCCCC. The van der Waals surface area contributed by atoms with E-state index in [9.17, 15) is 14.4 Å². The van der Waals surface area contributed by atoms with Gasteiger partial charge in [0.2, 0.25) is 0 Å². The van der Waals surface area contributed by atoms with E-state index in [2.05, 4.69) is 154 Å². The monoisotopic (exact) mass is 1010 g/mol. The maximum atomic E-state index is 12.8.